The summed E-state index contributed by atoms with van der Waals surface area (Å²) in [6.07, 6.45) is 2.00. The van der Waals surface area contributed by atoms with Crippen LogP contribution < -0.4 is 5.32 Å². The molecule has 0 saturated carbocycles. The lowest BCUT2D eigenvalue weighted by atomic mass is 10.1. The monoisotopic (exact) mass is 316 g/mol. The maximum atomic E-state index is 12.2. The Bertz CT molecular complexity index is 625. The van der Waals surface area contributed by atoms with Crippen LogP contribution in [-0.2, 0) is 16.6 Å². The van der Waals surface area contributed by atoms with E-state index in [0.717, 1.165) is 24.2 Å². The van der Waals surface area contributed by atoms with Crippen LogP contribution in [0.2, 0.25) is 0 Å². The van der Waals surface area contributed by atoms with E-state index >= 15 is 0 Å². The Hall–Kier alpha value is -2.21. The zero-order valence-electron chi connectivity index (χ0n) is 14.0. The molecule has 0 bridgehead atoms. The van der Waals surface area contributed by atoms with Crippen LogP contribution in [-0.4, -0.2) is 33.9 Å². The molecule has 0 fully saturated rings. The van der Waals surface area contributed by atoms with E-state index in [4.69, 9.17) is 4.74 Å². The number of rotatable bonds is 8. The van der Waals surface area contributed by atoms with Gasteiger partial charge in [-0.1, -0.05) is 43.7 Å². The number of benzene rings is 1. The molecule has 124 valence electrons. The molecule has 2 aromatic rings. The van der Waals surface area contributed by atoms with Crippen LogP contribution >= 0.6 is 0 Å². The Labute approximate surface area is 136 Å². The highest BCUT2D eigenvalue weighted by molar-refractivity contribution is 5.78. The van der Waals surface area contributed by atoms with Gasteiger partial charge in [0.05, 0.1) is 0 Å². The molecule has 0 radical (unpaired) electrons. The van der Waals surface area contributed by atoms with Gasteiger partial charge in [0.25, 0.3) is 0 Å². The molecule has 23 heavy (non-hydrogen) atoms. The number of ether oxygens (including phenoxy) is 1. The van der Waals surface area contributed by atoms with Crippen LogP contribution in [0.4, 0.5) is 0 Å². The van der Waals surface area contributed by atoms with Gasteiger partial charge >= 0.3 is 0 Å². The number of unbranched alkanes of at least 4 members (excludes halogenated alkanes) is 1. The molecule has 6 nitrogen and oxygen atoms in total. The molecule has 1 heterocycles. The van der Waals surface area contributed by atoms with Gasteiger partial charge in [-0.3, -0.25) is 4.79 Å². The third-order valence-corrected chi connectivity index (χ3v) is 3.70. The fourth-order valence-corrected chi connectivity index (χ4v) is 2.23. The van der Waals surface area contributed by atoms with E-state index in [1.165, 1.54) is 0 Å². The number of carbonyl (C=O) groups is 1. The van der Waals surface area contributed by atoms with Crippen molar-refractivity contribution in [1.82, 2.24) is 20.1 Å². The normalized spacial score (nSPS) is 12.1. The van der Waals surface area contributed by atoms with Crippen molar-refractivity contribution in [3.63, 3.8) is 0 Å². The van der Waals surface area contributed by atoms with Gasteiger partial charge in [-0.25, -0.2) is 0 Å². The van der Waals surface area contributed by atoms with Crippen molar-refractivity contribution in [3.05, 3.63) is 47.5 Å². The lowest BCUT2D eigenvalue weighted by molar-refractivity contribution is -0.126. The smallest absolute Gasteiger partial charge is 0.246 e. The van der Waals surface area contributed by atoms with Gasteiger partial charge in [0.15, 0.2) is 5.82 Å². The third kappa shape index (κ3) is 4.63. The van der Waals surface area contributed by atoms with Crippen molar-refractivity contribution in [2.45, 2.75) is 32.7 Å². The van der Waals surface area contributed by atoms with E-state index in [9.17, 15) is 4.79 Å². The maximum Gasteiger partial charge on any atom is 0.246 e. The molecule has 0 spiro atoms. The molecule has 0 saturated heterocycles. The first-order valence-corrected chi connectivity index (χ1v) is 7.91. The molecule has 1 amide bonds. The highest BCUT2D eigenvalue weighted by Gasteiger charge is 2.22. The molecular weight excluding hydrogens is 292 g/mol. The van der Waals surface area contributed by atoms with Crippen molar-refractivity contribution >= 4 is 5.91 Å². The molecule has 1 aromatic heterocycles. The second kappa shape index (κ2) is 8.43. The lowest BCUT2D eigenvalue weighted by Crippen LogP contribution is -2.34. The van der Waals surface area contributed by atoms with E-state index in [1.54, 1.807) is 0 Å². The first-order valence-electron chi connectivity index (χ1n) is 7.91. The maximum absolute atomic E-state index is 12.2. The summed E-state index contributed by atoms with van der Waals surface area (Å²) in [5, 5.41) is 11.3. The van der Waals surface area contributed by atoms with E-state index in [0.29, 0.717) is 12.4 Å². The average Bonchev–Trinajstić information content (AvgIpc) is 2.90. The number of amides is 1. The lowest BCUT2D eigenvalue weighted by Gasteiger charge is -2.18. The zero-order valence-corrected chi connectivity index (χ0v) is 14.0. The summed E-state index contributed by atoms with van der Waals surface area (Å²) in [5.41, 5.74) is 0.963. The number of nitrogens with zero attached hydrogens (tertiary/aromatic N) is 3. The quantitative estimate of drug-likeness (QED) is 0.758. The Morgan fingerprint density at radius 3 is 2.65 bits per heavy atom. The minimum atomic E-state index is -0.343. The predicted octanol–water partition coefficient (Wildman–Crippen LogP) is 2.15. The van der Waals surface area contributed by atoms with Gasteiger partial charge in [-0.15, -0.1) is 10.2 Å². The Kier molecular flexibility index (Phi) is 6.29. The topological polar surface area (TPSA) is 69.0 Å². The Morgan fingerprint density at radius 1 is 1.30 bits per heavy atom. The second-order valence-corrected chi connectivity index (χ2v) is 5.48. The van der Waals surface area contributed by atoms with Crippen LogP contribution in [0.25, 0.3) is 0 Å². The van der Waals surface area contributed by atoms with E-state index in [-0.39, 0.29) is 18.6 Å². The summed E-state index contributed by atoms with van der Waals surface area (Å²) in [5.74, 6) is 1.35. The number of carbonyl (C=O) groups excluding carboxylic acids is 1. The summed E-state index contributed by atoms with van der Waals surface area (Å²) >= 11 is 0. The number of aromatic nitrogens is 3. The molecule has 0 unspecified atom stereocenters. The summed E-state index contributed by atoms with van der Waals surface area (Å²) < 4.78 is 7.27. The van der Waals surface area contributed by atoms with E-state index in [2.05, 4.69) is 22.4 Å². The first-order chi connectivity index (χ1) is 11.1. The summed E-state index contributed by atoms with van der Waals surface area (Å²) in [7, 11) is 1.89. The Morgan fingerprint density at radius 2 is 2.04 bits per heavy atom. The Balaban J connectivity index is 2.12. The largest absolute Gasteiger partial charge is 0.372 e. The van der Waals surface area contributed by atoms with Crippen molar-refractivity contribution in [3.8, 4) is 0 Å². The van der Waals surface area contributed by atoms with Gasteiger partial charge in [0.2, 0.25) is 5.91 Å². The zero-order chi connectivity index (χ0) is 16.7. The number of hydrogen-bond acceptors (Lipinski definition) is 4. The standard InChI is InChI=1S/C17H24N4O2/c1-4-5-11-23-12-15(22)18-16(14-9-7-6-8-10-14)17-20-19-13(2)21(17)3/h6-10,16H,4-5,11-12H2,1-3H3,(H,18,22)/t16-/m1/s1. The van der Waals surface area contributed by atoms with Crippen molar-refractivity contribution in [1.29, 1.82) is 0 Å². The molecule has 0 aliphatic carbocycles. The fourth-order valence-electron chi connectivity index (χ4n) is 2.23. The molecule has 1 N–H and O–H groups in total. The van der Waals surface area contributed by atoms with Crippen molar-refractivity contribution < 1.29 is 9.53 Å². The van der Waals surface area contributed by atoms with Gasteiger partial charge in [0.1, 0.15) is 18.5 Å². The SMILES string of the molecule is CCCCOCC(=O)N[C@H](c1ccccc1)c1nnc(C)n1C. The second-order valence-electron chi connectivity index (χ2n) is 5.48. The fraction of sp³-hybridized carbons (Fsp3) is 0.471. The van der Waals surface area contributed by atoms with Crippen LogP contribution in [0.1, 0.15) is 43.0 Å². The van der Waals surface area contributed by atoms with Gasteiger partial charge in [-0.2, -0.15) is 0 Å². The minimum absolute atomic E-state index is 0.0557. The van der Waals surface area contributed by atoms with Crippen LogP contribution in [0.5, 0.6) is 0 Å². The molecule has 0 aliphatic rings. The van der Waals surface area contributed by atoms with E-state index < -0.39 is 0 Å². The first kappa shape index (κ1) is 17.1. The number of nitrogens with one attached hydrogen (secondary N) is 1. The van der Waals surface area contributed by atoms with Gasteiger partial charge < -0.3 is 14.6 Å². The molecule has 1 aromatic carbocycles. The van der Waals surface area contributed by atoms with Crippen molar-refractivity contribution in [2.75, 3.05) is 13.2 Å². The highest BCUT2D eigenvalue weighted by atomic mass is 16.5. The van der Waals surface area contributed by atoms with Crippen LogP contribution in [0.3, 0.4) is 0 Å². The summed E-state index contributed by atoms with van der Waals surface area (Å²) in [4.78, 5) is 12.2. The molecule has 2 rings (SSSR count). The average molecular weight is 316 g/mol. The van der Waals surface area contributed by atoms with Crippen molar-refractivity contribution in [2.24, 2.45) is 7.05 Å². The van der Waals surface area contributed by atoms with Gasteiger partial charge in [0, 0.05) is 13.7 Å². The minimum Gasteiger partial charge on any atom is -0.372 e. The van der Waals surface area contributed by atoms with Crippen LogP contribution in [0.15, 0.2) is 30.3 Å². The predicted molar refractivity (Wildman–Crippen MR) is 87.9 cm³/mol. The van der Waals surface area contributed by atoms with E-state index in [1.807, 2.05) is 48.9 Å². The van der Waals surface area contributed by atoms with Crippen LogP contribution in [0, 0.1) is 6.92 Å². The molecule has 6 heteroatoms. The molecule has 0 aliphatic heterocycles. The number of hydrogen-bond donors (Lipinski definition) is 1. The number of aryl methyl sites for hydroxylation is 1. The molecular formula is C17H24N4O2. The third-order valence-electron chi connectivity index (χ3n) is 3.70. The molecule has 1 atom stereocenters. The summed E-state index contributed by atoms with van der Waals surface area (Å²) in [6.45, 7) is 4.63. The highest BCUT2D eigenvalue weighted by Crippen LogP contribution is 2.20. The summed E-state index contributed by atoms with van der Waals surface area (Å²) in [6, 6.07) is 9.41. The van der Waals surface area contributed by atoms with Gasteiger partial charge in [-0.05, 0) is 18.9 Å².